The Morgan fingerprint density at radius 1 is 1.29 bits per heavy atom. The van der Waals surface area contributed by atoms with Gasteiger partial charge in [-0.05, 0) is 31.9 Å². The van der Waals surface area contributed by atoms with Crippen molar-refractivity contribution in [2.75, 3.05) is 26.2 Å². The van der Waals surface area contributed by atoms with Crippen LogP contribution in [-0.2, 0) is 11.3 Å². The molecule has 0 unspecified atom stereocenters. The second-order valence-electron chi connectivity index (χ2n) is 6.43. The van der Waals surface area contributed by atoms with Crippen LogP contribution in [0.4, 0.5) is 4.79 Å². The average molecular weight is 371 g/mol. The number of piperazine rings is 1. The summed E-state index contributed by atoms with van der Waals surface area (Å²) in [6, 6.07) is 3.57. The second kappa shape index (κ2) is 7.82. The number of thiophene rings is 1. The Bertz CT molecular complexity index is 597. The van der Waals surface area contributed by atoms with Crippen molar-refractivity contribution >= 4 is 34.9 Å². The third-order valence-electron chi connectivity index (χ3n) is 4.49. The van der Waals surface area contributed by atoms with E-state index < -0.39 is 0 Å². The highest BCUT2D eigenvalue weighted by Gasteiger charge is 2.28. The first-order chi connectivity index (χ1) is 11.5. The van der Waals surface area contributed by atoms with Crippen molar-refractivity contribution in [1.82, 2.24) is 20.4 Å². The Hall–Kier alpha value is -1.15. The van der Waals surface area contributed by atoms with E-state index >= 15 is 0 Å². The molecule has 1 saturated heterocycles. The van der Waals surface area contributed by atoms with Crippen molar-refractivity contribution < 1.29 is 9.59 Å². The smallest absolute Gasteiger partial charge is 0.321 e. The zero-order valence-electron chi connectivity index (χ0n) is 13.8. The molecule has 2 N–H and O–H groups in total. The zero-order chi connectivity index (χ0) is 17.1. The number of nitrogens with zero attached hydrogens (tertiary/aromatic N) is 2. The summed E-state index contributed by atoms with van der Waals surface area (Å²) in [6.07, 6.45) is 2.02. The maximum atomic E-state index is 12.2. The Balaban J connectivity index is 1.41. The molecule has 1 aromatic rings. The van der Waals surface area contributed by atoms with Gasteiger partial charge in [0, 0.05) is 43.6 Å². The van der Waals surface area contributed by atoms with Crippen LogP contribution in [0.25, 0.3) is 0 Å². The van der Waals surface area contributed by atoms with Gasteiger partial charge in [0.25, 0.3) is 0 Å². The van der Waals surface area contributed by atoms with Crippen LogP contribution in [0.5, 0.6) is 0 Å². The van der Waals surface area contributed by atoms with Gasteiger partial charge in [-0.25, -0.2) is 4.79 Å². The van der Waals surface area contributed by atoms with Crippen molar-refractivity contribution in [1.29, 1.82) is 0 Å². The van der Waals surface area contributed by atoms with Crippen LogP contribution in [0.15, 0.2) is 12.1 Å². The fraction of sp³-hybridized carbons (Fsp3) is 0.625. The molecule has 3 rings (SSSR count). The number of carbonyl (C=O) groups excluding carboxylic acids is 2. The molecule has 1 aliphatic heterocycles. The quantitative estimate of drug-likeness (QED) is 0.830. The lowest BCUT2D eigenvalue weighted by Gasteiger charge is -2.37. The molecule has 132 valence electrons. The standard InChI is InChI=1S/C16H23ClN4O2S/c1-11(15(22)19-16(23)18-12-2-3-12)21-8-6-20(7-9-21)10-13-4-5-14(17)24-13/h4-5,11-12H,2-3,6-10H2,1H3,(H2,18,19,22,23)/t11-/m0/s1. The number of rotatable bonds is 5. The van der Waals surface area contributed by atoms with Gasteiger partial charge >= 0.3 is 6.03 Å². The van der Waals surface area contributed by atoms with E-state index in [4.69, 9.17) is 11.6 Å². The highest BCUT2D eigenvalue weighted by molar-refractivity contribution is 7.16. The SMILES string of the molecule is C[C@@H](C(=O)NC(=O)NC1CC1)N1CCN(Cc2ccc(Cl)s2)CC1. The van der Waals surface area contributed by atoms with Crippen LogP contribution < -0.4 is 10.6 Å². The molecule has 0 radical (unpaired) electrons. The molecule has 2 fully saturated rings. The summed E-state index contributed by atoms with van der Waals surface area (Å²) < 4.78 is 0.818. The van der Waals surface area contributed by atoms with Gasteiger partial charge in [-0.1, -0.05) is 11.6 Å². The largest absolute Gasteiger partial charge is 0.335 e. The third kappa shape index (κ3) is 4.92. The fourth-order valence-corrected chi connectivity index (χ4v) is 3.93. The Morgan fingerprint density at radius 2 is 2.00 bits per heavy atom. The number of amides is 3. The predicted octanol–water partition coefficient (Wildman–Crippen LogP) is 1.90. The minimum absolute atomic E-state index is 0.230. The molecule has 24 heavy (non-hydrogen) atoms. The minimum atomic E-state index is -0.373. The molecule has 1 aromatic heterocycles. The van der Waals surface area contributed by atoms with Crippen LogP contribution in [0, 0.1) is 0 Å². The molecule has 0 aromatic carbocycles. The molecule has 2 heterocycles. The maximum Gasteiger partial charge on any atom is 0.321 e. The van der Waals surface area contributed by atoms with E-state index in [0.29, 0.717) is 0 Å². The lowest BCUT2D eigenvalue weighted by Crippen LogP contribution is -2.55. The highest BCUT2D eigenvalue weighted by Crippen LogP contribution is 2.23. The van der Waals surface area contributed by atoms with Gasteiger partial charge in [-0.3, -0.25) is 19.9 Å². The van der Waals surface area contributed by atoms with Crippen molar-refractivity contribution in [3.63, 3.8) is 0 Å². The summed E-state index contributed by atoms with van der Waals surface area (Å²) in [5.41, 5.74) is 0. The van der Waals surface area contributed by atoms with Gasteiger partial charge in [-0.15, -0.1) is 11.3 Å². The Morgan fingerprint density at radius 3 is 2.58 bits per heavy atom. The Kier molecular flexibility index (Phi) is 5.76. The average Bonchev–Trinajstić information content (AvgIpc) is 3.27. The van der Waals surface area contributed by atoms with Gasteiger partial charge in [0.1, 0.15) is 0 Å². The molecule has 6 nitrogen and oxygen atoms in total. The van der Waals surface area contributed by atoms with Crippen molar-refractivity contribution in [3.8, 4) is 0 Å². The van der Waals surface area contributed by atoms with E-state index in [2.05, 4.69) is 26.5 Å². The van der Waals surface area contributed by atoms with Gasteiger partial charge in [-0.2, -0.15) is 0 Å². The molecular weight excluding hydrogens is 348 g/mol. The van der Waals surface area contributed by atoms with Crippen molar-refractivity contribution in [2.45, 2.75) is 38.4 Å². The summed E-state index contributed by atoms with van der Waals surface area (Å²) >= 11 is 7.58. The van der Waals surface area contributed by atoms with E-state index in [1.807, 2.05) is 13.0 Å². The predicted molar refractivity (Wildman–Crippen MR) is 95.3 cm³/mol. The van der Waals surface area contributed by atoms with Crippen LogP contribution in [-0.4, -0.2) is 60.0 Å². The topological polar surface area (TPSA) is 64.7 Å². The van der Waals surface area contributed by atoms with Crippen molar-refractivity contribution in [3.05, 3.63) is 21.3 Å². The number of urea groups is 1. The summed E-state index contributed by atoms with van der Waals surface area (Å²) in [5.74, 6) is -0.230. The first-order valence-electron chi connectivity index (χ1n) is 8.33. The van der Waals surface area contributed by atoms with Gasteiger partial charge in [0.2, 0.25) is 5.91 Å². The molecular formula is C16H23ClN4O2S. The molecule has 8 heteroatoms. The normalized spacial score (nSPS) is 20.6. The third-order valence-corrected chi connectivity index (χ3v) is 5.71. The van der Waals surface area contributed by atoms with E-state index in [1.165, 1.54) is 4.88 Å². The first-order valence-corrected chi connectivity index (χ1v) is 9.52. The van der Waals surface area contributed by atoms with Crippen molar-refractivity contribution in [2.24, 2.45) is 0 Å². The number of nitrogens with one attached hydrogen (secondary N) is 2. The highest BCUT2D eigenvalue weighted by atomic mass is 35.5. The van der Waals surface area contributed by atoms with E-state index in [9.17, 15) is 9.59 Å². The summed E-state index contributed by atoms with van der Waals surface area (Å²) in [6.45, 7) is 6.20. The summed E-state index contributed by atoms with van der Waals surface area (Å²) in [7, 11) is 0. The molecule has 0 spiro atoms. The Labute approximate surface area is 151 Å². The monoisotopic (exact) mass is 370 g/mol. The maximum absolute atomic E-state index is 12.2. The van der Waals surface area contributed by atoms with Crippen LogP contribution in [0.2, 0.25) is 4.34 Å². The number of hydrogen-bond acceptors (Lipinski definition) is 5. The van der Waals surface area contributed by atoms with Gasteiger partial charge in [0.15, 0.2) is 0 Å². The molecule has 1 atom stereocenters. The molecule has 1 saturated carbocycles. The lowest BCUT2D eigenvalue weighted by molar-refractivity contribution is -0.125. The fourth-order valence-electron chi connectivity index (χ4n) is 2.80. The van der Waals surface area contributed by atoms with E-state index in [0.717, 1.165) is 49.9 Å². The summed E-state index contributed by atoms with van der Waals surface area (Å²) in [4.78, 5) is 29.6. The second-order valence-corrected chi connectivity index (χ2v) is 8.23. The summed E-state index contributed by atoms with van der Waals surface area (Å²) in [5, 5.41) is 5.22. The van der Waals surface area contributed by atoms with Gasteiger partial charge in [0.05, 0.1) is 10.4 Å². The van der Waals surface area contributed by atoms with Crippen LogP contribution >= 0.6 is 22.9 Å². The van der Waals surface area contributed by atoms with Crippen LogP contribution in [0.1, 0.15) is 24.6 Å². The molecule has 1 aliphatic carbocycles. The van der Waals surface area contributed by atoms with Crippen LogP contribution in [0.3, 0.4) is 0 Å². The van der Waals surface area contributed by atoms with E-state index in [1.54, 1.807) is 11.3 Å². The first kappa shape index (κ1) is 17.7. The van der Waals surface area contributed by atoms with E-state index in [-0.39, 0.29) is 24.0 Å². The number of carbonyl (C=O) groups is 2. The number of imide groups is 1. The number of halogens is 1. The molecule has 2 aliphatic rings. The molecule has 0 bridgehead atoms. The number of hydrogen-bond donors (Lipinski definition) is 2. The molecule has 3 amide bonds. The minimum Gasteiger partial charge on any atom is -0.335 e. The lowest BCUT2D eigenvalue weighted by atomic mass is 10.2. The zero-order valence-corrected chi connectivity index (χ0v) is 15.3. The van der Waals surface area contributed by atoms with Gasteiger partial charge < -0.3 is 5.32 Å².